The number of hydrogen-bond acceptors (Lipinski definition) is 3. The fourth-order valence-corrected chi connectivity index (χ4v) is 3.79. The van der Waals surface area contributed by atoms with Crippen molar-refractivity contribution in [1.29, 1.82) is 0 Å². The molecule has 5 heteroatoms. The van der Waals surface area contributed by atoms with Gasteiger partial charge in [-0.05, 0) is 43.7 Å². The highest BCUT2D eigenvalue weighted by Gasteiger charge is 2.27. The number of nitrogen functional groups attached to an aromatic ring is 1. The van der Waals surface area contributed by atoms with Gasteiger partial charge >= 0.3 is 0 Å². The molecule has 3 rings (SSSR count). The molecule has 1 aromatic carbocycles. The molecule has 2 aromatic rings. The summed E-state index contributed by atoms with van der Waals surface area (Å²) < 4.78 is 2.18. The van der Waals surface area contributed by atoms with Gasteiger partial charge in [-0.2, -0.15) is 11.8 Å². The summed E-state index contributed by atoms with van der Waals surface area (Å²) in [4.78, 5) is 4.42. The first-order valence-corrected chi connectivity index (χ1v) is 7.81. The fourth-order valence-electron chi connectivity index (χ4n) is 2.84. The van der Waals surface area contributed by atoms with Gasteiger partial charge in [0.2, 0.25) is 5.95 Å². The molecule has 0 spiro atoms. The van der Waals surface area contributed by atoms with E-state index in [2.05, 4.69) is 15.8 Å². The van der Waals surface area contributed by atoms with Crippen molar-refractivity contribution in [2.24, 2.45) is 0 Å². The second-order valence-electron chi connectivity index (χ2n) is 4.80. The first-order valence-electron chi connectivity index (χ1n) is 6.15. The lowest BCUT2D eigenvalue weighted by Gasteiger charge is -2.15. The zero-order valence-electron chi connectivity index (χ0n) is 10.3. The summed E-state index contributed by atoms with van der Waals surface area (Å²) in [7, 11) is 0. The van der Waals surface area contributed by atoms with Crippen molar-refractivity contribution in [3.63, 3.8) is 0 Å². The smallest absolute Gasteiger partial charge is 0.201 e. The highest BCUT2D eigenvalue weighted by atomic mass is 35.5. The molecule has 0 amide bonds. The SMILES string of the molecule is CSC1CCC(n2c(N)nc3cc(Cl)ccc32)C1. The molecule has 1 aromatic heterocycles. The number of imidazole rings is 1. The minimum Gasteiger partial charge on any atom is -0.369 e. The summed E-state index contributed by atoms with van der Waals surface area (Å²) in [6.07, 6.45) is 5.81. The third-order valence-corrected chi connectivity index (χ3v) is 5.06. The summed E-state index contributed by atoms with van der Waals surface area (Å²) in [5, 5.41) is 1.46. The van der Waals surface area contributed by atoms with E-state index >= 15 is 0 Å². The maximum atomic E-state index is 6.07. The van der Waals surface area contributed by atoms with Crippen molar-refractivity contribution in [3.8, 4) is 0 Å². The zero-order valence-corrected chi connectivity index (χ0v) is 11.8. The summed E-state index contributed by atoms with van der Waals surface area (Å²) >= 11 is 7.94. The fraction of sp³-hybridized carbons (Fsp3) is 0.462. The number of anilines is 1. The van der Waals surface area contributed by atoms with Crippen molar-refractivity contribution in [1.82, 2.24) is 9.55 Å². The van der Waals surface area contributed by atoms with E-state index < -0.39 is 0 Å². The van der Waals surface area contributed by atoms with E-state index in [1.165, 1.54) is 19.3 Å². The number of fused-ring (bicyclic) bond motifs is 1. The summed E-state index contributed by atoms with van der Waals surface area (Å²) in [5.41, 5.74) is 8.07. The van der Waals surface area contributed by atoms with Crippen LogP contribution in [0.15, 0.2) is 18.2 Å². The normalized spacial score (nSPS) is 23.9. The van der Waals surface area contributed by atoms with Crippen LogP contribution < -0.4 is 5.73 Å². The number of thioether (sulfide) groups is 1. The molecule has 2 N–H and O–H groups in total. The number of aromatic nitrogens is 2. The van der Waals surface area contributed by atoms with Gasteiger partial charge in [-0.15, -0.1) is 0 Å². The van der Waals surface area contributed by atoms with Gasteiger partial charge in [0.15, 0.2) is 0 Å². The van der Waals surface area contributed by atoms with Crippen LogP contribution in [0.2, 0.25) is 5.02 Å². The summed E-state index contributed by atoms with van der Waals surface area (Å²) in [5.74, 6) is 0.610. The molecule has 1 saturated carbocycles. The molecule has 1 heterocycles. The van der Waals surface area contributed by atoms with Crippen LogP contribution in [0.4, 0.5) is 5.95 Å². The predicted molar refractivity (Wildman–Crippen MR) is 79.3 cm³/mol. The van der Waals surface area contributed by atoms with Gasteiger partial charge in [0.05, 0.1) is 11.0 Å². The summed E-state index contributed by atoms with van der Waals surface area (Å²) in [6.45, 7) is 0. The van der Waals surface area contributed by atoms with Gasteiger partial charge in [-0.3, -0.25) is 0 Å². The maximum Gasteiger partial charge on any atom is 0.201 e. The van der Waals surface area contributed by atoms with Crippen LogP contribution in [-0.2, 0) is 0 Å². The number of nitrogens with two attached hydrogens (primary N) is 1. The first-order chi connectivity index (χ1) is 8.69. The Morgan fingerprint density at radius 1 is 1.44 bits per heavy atom. The van der Waals surface area contributed by atoms with E-state index in [1.807, 2.05) is 30.0 Å². The van der Waals surface area contributed by atoms with Gasteiger partial charge in [0.25, 0.3) is 0 Å². The van der Waals surface area contributed by atoms with Crippen molar-refractivity contribution in [2.45, 2.75) is 30.6 Å². The van der Waals surface area contributed by atoms with Crippen LogP contribution in [0, 0.1) is 0 Å². The van der Waals surface area contributed by atoms with E-state index in [9.17, 15) is 0 Å². The maximum absolute atomic E-state index is 6.07. The Balaban J connectivity index is 2.04. The molecular formula is C13H16ClN3S. The average Bonchev–Trinajstić information content (AvgIpc) is 2.91. The lowest BCUT2D eigenvalue weighted by molar-refractivity contribution is 0.540. The molecule has 2 atom stereocenters. The molecule has 1 aliphatic carbocycles. The lowest BCUT2D eigenvalue weighted by atomic mass is 10.2. The van der Waals surface area contributed by atoms with Gasteiger partial charge < -0.3 is 10.3 Å². The third kappa shape index (κ3) is 1.97. The molecule has 0 saturated heterocycles. The Morgan fingerprint density at radius 2 is 2.28 bits per heavy atom. The Hall–Kier alpha value is -0.870. The van der Waals surface area contributed by atoms with E-state index in [0.29, 0.717) is 17.0 Å². The van der Waals surface area contributed by atoms with E-state index in [-0.39, 0.29) is 0 Å². The van der Waals surface area contributed by atoms with Crippen molar-refractivity contribution in [2.75, 3.05) is 12.0 Å². The number of halogens is 1. The van der Waals surface area contributed by atoms with Crippen LogP contribution in [0.5, 0.6) is 0 Å². The molecule has 1 fully saturated rings. The molecule has 0 aliphatic heterocycles. The number of rotatable bonds is 2. The number of benzene rings is 1. The standard InChI is InChI=1S/C13H16ClN3S/c1-18-10-4-3-9(7-10)17-12-5-2-8(14)6-11(12)16-13(17)15/h2,5-6,9-10H,3-4,7H2,1H3,(H2,15,16). The van der Waals surface area contributed by atoms with Crippen molar-refractivity contribution >= 4 is 40.3 Å². The lowest BCUT2D eigenvalue weighted by Crippen LogP contribution is -2.09. The number of hydrogen-bond donors (Lipinski definition) is 1. The van der Waals surface area contributed by atoms with Gasteiger partial charge in [0, 0.05) is 16.3 Å². The van der Waals surface area contributed by atoms with Crippen molar-refractivity contribution < 1.29 is 0 Å². The molecule has 96 valence electrons. The minimum absolute atomic E-state index is 0.480. The average molecular weight is 282 g/mol. The second-order valence-corrected chi connectivity index (χ2v) is 6.37. The largest absolute Gasteiger partial charge is 0.369 e. The predicted octanol–water partition coefficient (Wildman–Crippen LogP) is 3.73. The molecular weight excluding hydrogens is 266 g/mol. The molecule has 0 bridgehead atoms. The van der Waals surface area contributed by atoms with Crippen LogP contribution in [0.25, 0.3) is 11.0 Å². The molecule has 2 unspecified atom stereocenters. The number of nitrogens with zero attached hydrogens (tertiary/aromatic N) is 2. The third-order valence-electron chi connectivity index (χ3n) is 3.73. The molecule has 18 heavy (non-hydrogen) atoms. The highest BCUT2D eigenvalue weighted by Crippen LogP contribution is 2.39. The van der Waals surface area contributed by atoms with Gasteiger partial charge in [-0.25, -0.2) is 4.98 Å². The van der Waals surface area contributed by atoms with Crippen LogP contribution >= 0.6 is 23.4 Å². The minimum atomic E-state index is 0.480. The van der Waals surface area contributed by atoms with Crippen LogP contribution in [-0.4, -0.2) is 21.1 Å². The van der Waals surface area contributed by atoms with Crippen LogP contribution in [0.3, 0.4) is 0 Å². The van der Waals surface area contributed by atoms with Gasteiger partial charge in [0.1, 0.15) is 0 Å². The van der Waals surface area contributed by atoms with E-state index in [0.717, 1.165) is 16.3 Å². The summed E-state index contributed by atoms with van der Waals surface area (Å²) in [6, 6.07) is 6.29. The van der Waals surface area contributed by atoms with Crippen LogP contribution in [0.1, 0.15) is 25.3 Å². The molecule has 1 aliphatic rings. The zero-order chi connectivity index (χ0) is 12.7. The molecule has 3 nitrogen and oxygen atoms in total. The van der Waals surface area contributed by atoms with E-state index in [1.54, 1.807) is 0 Å². The Labute approximate surface area is 116 Å². The van der Waals surface area contributed by atoms with Crippen molar-refractivity contribution in [3.05, 3.63) is 23.2 Å². The van der Waals surface area contributed by atoms with Gasteiger partial charge in [-0.1, -0.05) is 11.6 Å². The second kappa shape index (κ2) is 4.67. The Kier molecular flexibility index (Phi) is 3.16. The highest BCUT2D eigenvalue weighted by molar-refractivity contribution is 7.99. The molecule has 0 radical (unpaired) electrons. The topological polar surface area (TPSA) is 43.8 Å². The monoisotopic (exact) mass is 281 g/mol. The Morgan fingerprint density at radius 3 is 3.00 bits per heavy atom. The van der Waals surface area contributed by atoms with E-state index in [4.69, 9.17) is 17.3 Å². The first kappa shape index (κ1) is 12.2. The quantitative estimate of drug-likeness (QED) is 0.912. The Bertz CT molecular complexity index is 581.